The summed E-state index contributed by atoms with van der Waals surface area (Å²) >= 11 is 5.99. The van der Waals surface area contributed by atoms with E-state index in [2.05, 4.69) is 20.0 Å². The smallest absolute Gasteiger partial charge is 0.337 e. The first-order valence-electron chi connectivity index (χ1n) is 10.4. The molecule has 0 spiro atoms. The van der Waals surface area contributed by atoms with Crippen LogP contribution in [0.25, 0.3) is 11.2 Å². The average molecular weight is 472 g/mol. The second-order valence-corrected chi connectivity index (χ2v) is 8.12. The van der Waals surface area contributed by atoms with Crippen molar-refractivity contribution in [1.82, 2.24) is 24.8 Å². The number of ether oxygens (including phenoxy) is 1. The van der Waals surface area contributed by atoms with Gasteiger partial charge in [-0.25, -0.2) is 14.6 Å². The first-order chi connectivity index (χ1) is 15.9. The Morgan fingerprint density at radius 1 is 1.21 bits per heavy atom. The number of carbonyl (C=O) groups is 3. The fraction of sp³-hybridized carbons (Fsp3) is 0.318. The Hall–Kier alpha value is -3.66. The van der Waals surface area contributed by atoms with E-state index in [0.29, 0.717) is 31.6 Å². The van der Waals surface area contributed by atoms with Crippen LogP contribution >= 0.6 is 11.6 Å². The summed E-state index contributed by atoms with van der Waals surface area (Å²) in [4.78, 5) is 57.8. The topological polar surface area (TPSA) is 126 Å². The van der Waals surface area contributed by atoms with Crippen molar-refractivity contribution in [3.8, 4) is 0 Å². The lowest BCUT2D eigenvalue weighted by molar-refractivity contribution is -0.131. The van der Waals surface area contributed by atoms with E-state index in [1.165, 1.54) is 25.3 Å². The van der Waals surface area contributed by atoms with Crippen molar-refractivity contribution in [2.75, 3.05) is 26.7 Å². The number of hydrogen-bond donors (Lipinski definition) is 2. The lowest BCUT2D eigenvalue weighted by atomic mass is 10.0. The summed E-state index contributed by atoms with van der Waals surface area (Å²) in [6.07, 6.45) is 2.84. The number of pyridine rings is 1. The Balaban J connectivity index is 1.35. The molecule has 1 aliphatic rings. The quantitative estimate of drug-likeness (QED) is 0.546. The monoisotopic (exact) mass is 471 g/mol. The van der Waals surface area contributed by atoms with E-state index < -0.39 is 11.9 Å². The van der Waals surface area contributed by atoms with Gasteiger partial charge in [0.1, 0.15) is 0 Å². The largest absolute Gasteiger partial charge is 0.465 e. The molecule has 1 aromatic carbocycles. The van der Waals surface area contributed by atoms with Gasteiger partial charge < -0.3 is 15.0 Å². The van der Waals surface area contributed by atoms with E-state index in [4.69, 9.17) is 11.6 Å². The number of carbonyl (C=O) groups excluding carboxylic acids is 3. The summed E-state index contributed by atoms with van der Waals surface area (Å²) < 4.78 is 6.35. The first kappa shape index (κ1) is 22.5. The molecule has 0 atom stereocenters. The molecular weight excluding hydrogens is 450 g/mol. The molecule has 1 saturated heterocycles. The third kappa shape index (κ3) is 4.75. The molecule has 0 bridgehead atoms. The number of esters is 1. The van der Waals surface area contributed by atoms with Crippen LogP contribution in [0.3, 0.4) is 0 Å². The van der Waals surface area contributed by atoms with Crippen LogP contribution in [-0.4, -0.2) is 64.0 Å². The zero-order chi connectivity index (χ0) is 23.5. The molecule has 0 aliphatic carbocycles. The molecule has 11 heteroatoms. The van der Waals surface area contributed by atoms with E-state index in [1.54, 1.807) is 21.7 Å². The van der Waals surface area contributed by atoms with Gasteiger partial charge in [-0.05, 0) is 43.2 Å². The van der Waals surface area contributed by atoms with Gasteiger partial charge in [0.25, 0.3) is 5.91 Å². The van der Waals surface area contributed by atoms with Crippen LogP contribution in [-0.2, 0) is 9.53 Å². The van der Waals surface area contributed by atoms with Crippen LogP contribution in [0.1, 0.15) is 39.6 Å². The highest BCUT2D eigenvalue weighted by Gasteiger charge is 2.26. The standard InChI is InChI=1S/C22H22ClN5O5/c1-33-21(31)14-9-13(10-15(23)11-14)20(30)25-12-18(29)27-7-4-16(5-8-27)28-17-3-2-6-24-19(17)26-22(28)32/h2-3,6,9-11,16H,4-5,7-8,12H2,1H3,(H,25,30)(H,24,26,32). The maximum absolute atomic E-state index is 12.6. The first-order valence-corrected chi connectivity index (χ1v) is 10.8. The van der Waals surface area contributed by atoms with Gasteiger partial charge in [-0.2, -0.15) is 0 Å². The number of nitrogens with zero attached hydrogens (tertiary/aromatic N) is 3. The van der Waals surface area contributed by atoms with Gasteiger partial charge in [0.15, 0.2) is 5.65 Å². The Kier molecular flexibility index (Phi) is 6.45. The van der Waals surface area contributed by atoms with Crippen molar-refractivity contribution >= 4 is 40.5 Å². The summed E-state index contributed by atoms with van der Waals surface area (Å²) in [7, 11) is 1.23. The van der Waals surface area contributed by atoms with Crippen LogP contribution in [0.2, 0.25) is 5.02 Å². The van der Waals surface area contributed by atoms with Gasteiger partial charge in [-0.3, -0.25) is 19.1 Å². The summed E-state index contributed by atoms with van der Waals surface area (Å²) in [5.41, 5.74) is 1.37. The van der Waals surface area contributed by atoms with Crippen molar-refractivity contribution in [2.45, 2.75) is 18.9 Å². The van der Waals surface area contributed by atoms with E-state index in [9.17, 15) is 19.2 Å². The van der Waals surface area contributed by atoms with Gasteiger partial charge in [0.2, 0.25) is 5.91 Å². The van der Waals surface area contributed by atoms with Crippen LogP contribution in [0, 0.1) is 0 Å². The molecular formula is C22H22ClN5O5. The highest BCUT2D eigenvalue weighted by molar-refractivity contribution is 6.31. The number of piperidine rings is 1. The Morgan fingerprint density at radius 2 is 1.94 bits per heavy atom. The van der Waals surface area contributed by atoms with Crippen molar-refractivity contribution < 1.29 is 19.1 Å². The number of benzene rings is 1. The number of hydrogen-bond acceptors (Lipinski definition) is 6. The van der Waals surface area contributed by atoms with Crippen molar-refractivity contribution in [1.29, 1.82) is 0 Å². The maximum Gasteiger partial charge on any atom is 0.337 e. The molecule has 0 radical (unpaired) electrons. The van der Waals surface area contributed by atoms with Crippen LogP contribution in [0.15, 0.2) is 41.3 Å². The van der Waals surface area contributed by atoms with Crippen molar-refractivity contribution in [3.63, 3.8) is 0 Å². The maximum atomic E-state index is 12.6. The van der Waals surface area contributed by atoms with E-state index in [1.807, 2.05) is 6.07 Å². The zero-order valence-electron chi connectivity index (χ0n) is 17.8. The Bertz CT molecular complexity index is 1280. The fourth-order valence-corrected chi connectivity index (χ4v) is 4.26. The molecule has 0 unspecified atom stereocenters. The van der Waals surface area contributed by atoms with E-state index >= 15 is 0 Å². The van der Waals surface area contributed by atoms with Gasteiger partial charge >= 0.3 is 11.7 Å². The summed E-state index contributed by atoms with van der Waals surface area (Å²) in [5.74, 6) is -1.37. The number of aromatic amines is 1. The van der Waals surface area contributed by atoms with Gasteiger partial charge in [0, 0.05) is 35.9 Å². The number of halogens is 1. The lowest BCUT2D eigenvalue weighted by Gasteiger charge is -2.32. The molecule has 172 valence electrons. The predicted octanol–water partition coefficient (Wildman–Crippen LogP) is 1.76. The highest BCUT2D eigenvalue weighted by Crippen LogP contribution is 2.24. The second kappa shape index (κ2) is 9.45. The normalized spacial score (nSPS) is 14.3. The number of likely N-dealkylation sites (tertiary alicyclic amines) is 1. The minimum absolute atomic E-state index is 0.0442. The van der Waals surface area contributed by atoms with Gasteiger partial charge in [-0.15, -0.1) is 0 Å². The predicted molar refractivity (Wildman–Crippen MR) is 120 cm³/mol. The van der Waals surface area contributed by atoms with Crippen molar-refractivity contribution in [2.24, 2.45) is 0 Å². The van der Waals surface area contributed by atoms with E-state index in [0.717, 1.165) is 5.52 Å². The fourth-order valence-electron chi connectivity index (χ4n) is 4.02. The number of fused-ring (bicyclic) bond motifs is 1. The van der Waals surface area contributed by atoms with E-state index in [-0.39, 0.29) is 40.3 Å². The number of H-pyrrole nitrogens is 1. The number of imidazole rings is 1. The molecule has 2 aromatic heterocycles. The SMILES string of the molecule is COC(=O)c1cc(Cl)cc(C(=O)NCC(=O)N2CCC(n3c(=O)[nH]c4ncccc43)CC2)c1. The highest BCUT2D eigenvalue weighted by atomic mass is 35.5. The molecule has 3 heterocycles. The second-order valence-electron chi connectivity index (χ2n) is 7.69. The number of aromatic nitrogens is 3. The molecule has 3 aromatic rings. The number of nitrogens with one attached hydrogen (secondary N) is 2. The molecule has 33 heavy (non-hydrogen) atoms. The van der Waals surface area contributed by atoms with Gasteiger partial charge in [0.05, 0.1) is 24.7 Å². The third-order valence-electron chi connectivity index (χ3n) is 5.65. The molecule has 10 nitrogen and oxygen atoms in total. The summed E-state index contributed by atoms with van der Waals surface area (Å²) in [5, 5.41) is 2.78. The van der Waals surface area contributed by atoms with Crippen LogP contribution in [0.4, 0.5) is 0 Å². The molecule has 4 rings (SSSR count). The lowest BCUT2D eigenvalue weighted by Crippen LogP contribution is -2.45. The average Bonchev–Trinajstić information content (AvgIpc) is 3.17. The zero-order valence-corrected chi connectivity index (χ0v) is 18.6. The number of rotatable bonds is 5. The van der Waals surface area contributed by atoms with Crippen LogP contribution < -0.4 is 11.0 Å². The van der Waals surface area contributed by atoms with Crippen molar-refractivity contribution in [3.05, 3.63) is 63.2 Å². The third-order valence-corrected chi connectivity index (χ3v) is 5.87. The Labute approximate surface area is 193 Å². The van der Waals surface area contributed by atoms with Crippen LogP contribution in [0.5, 0.6) is 0 Å². The minimum Gasteiger partial charge on any atom is -0.465 e. The summed E-state index contributed by atoms with van der Waals surface area (Å²) in [6, 6.07) is 7.74. The number of methoxy groups -OCH3 is 1. The number of amides is 2. The minimum atomic E-state index is -0.615. The molecule has 1 fully saturated rings. The van der Waals surface area contributed by atoms with Gasteiger partial charge in [-0.1, -0.05) is 11.6 Å². The molecule has 0 saturated carbocycles. The summed E-state index contributed by atoms with van der Waals surface area (Å²) in [6.45, 7) is 0.728. The molecule has 2 N–H and O–H groups in total. The molecule has 2 amide bonds. The molecule has 1 aliphatic heterocycles. The Morgan fingerprint density at radius 3 is 2.67 bits per heavy atom.